The van der Waals surface area contributed by atoms with Gasteiger partial charge in [0.1, 0.15) is 5.82 Å². The number of hydrogen-bond donors (Lipinski definition) is 0. The lowest BCUT2D eigenvalue weighted by Crippen LogP contribution is -2.40. The minimum Gasteiger partial charge on any atom is -0.334 e. The fraction of sp³-hybridized carbons (Fsp3) is 0.556. The molecule has 7 nitrogen and oxygen atoms in total. The molecule has 1 fully saturated rings. The maximum atomic E-state index is 14.4. The number of halogens is 2. The zero-order valence-corrected chi connectivity index (χ0v) is 21.3. The molecule has 2 aromatic rings. The molecule has 0 unspecified atom stereocenters. The van der Waals surface area contributed by atoms with Crippen molar-refractivity contribution in [1.82, 2.24) is 19.8 Å². The van der Waals surface area contributed by atoms with Crippen LogP contribution in [0.1, 0.15) is 80.5 Å². The molecule has 2 heterocycles. The van der Waals surface area contributed by atoms with E-state index in [1.807, 2.05) is 0 Å². The number of carbonyl (C=O) groups is 2. The first-order valence-corrected chi connectivity index (χ1v) is 12.9. The molecule has 0 saturated heterocycles. The topological polar surface area (TPSA) is 69.6 Å². The van der Waals surface area contributed by atoms with Gasteiger partial charge in [0, 0.05) is 69.6 Å². The quantitative estimate of drug-likeness (QED) is 0.619. The normalized spacial score (nSPS) is 17.9. The summed E-state index contributed by atoms with van der Waals surface area (Å²) in [5.74, 6) is -1.32. The molecule has 4 rings (SSSR count). The molecule has 1 aliphatic carbocycles. The molecule has 1 saturated carbocycles. The van der Waals surface area contributed by atoms with Gasteiger partial charge in [-0.2, -0.15) is 0 Å². The van der Waals surface area contributed by atoms with Gasteiger partial charge in [0.05, 0.1) is 11.3 Å². The van der Waals surface area contributed by atoms with Crippen LogP contribution in [0.5, 0.6) is 0 Å². The molecule has 36 heavy (non-hydrogen) atoms. The number of benzene rings is 1. The van der Waals surface area contributed by atoms with Crippen molar-refractivity contribution in [3.05, 3.63) is 53.1 Å². The summed E-state index contributed by atoms with van der Waals surface area (Å²) in [5.41, 5.74) is 1.08. The molecule has 194 valence electrons. The van der Waals surface area contributed by atoms with Crippen molar-refractivity contribution in [3.63, 3.8) is 0 Å². The molecule has 0 bridgehead atoms. The highest BCUT2D eigenvalue weighted by molar-refractivity contribution is 5.95. The molecular formula is C27H35F2N5O2. The molecule has 1 aromatic carbocycles. The van der Waals surface area contributed by atoms with Crippen LogP contribution in [0.4, 0.5) is 14.5 Å². The highest BCUT2D eigenvalue weighted by atomic mass is 19.2. The Bertz CT molecular complexity index is 1090. The van der Waals surface area contributed by atoms with Crippen LogP contribution in [0.25, 0.3) is 0 Å². The highest BCUT2D eigenvalue weighted by Gasteiger charge is 2.28. The molecule has 1 aliphatic heterocycles. The number of nitrogens with zero attached hydrogens (tertiary/aromatic N) is 5. The summed E-state index contributed by atoms with van der Waals surface area (Å²) >= 11 is 0. The van der Waals surface area contributed by atoms with E-state index >= 15 is 0 Å². The largest absolute Gasteiger partial charge is 0.334 e. The summed E-state index contributed by atoms with van der Waals surface area (Å²) in [7, 11) is 0. The Morgan fingerprint density at radius 1 is 1.00 bits per heavy atom. The predicted octanol–water partition coefficient (Wildman–Crippen LogP) is 4.52. The van der Waals surface area contributed by atoms with Gasteiger partial charge < -0.3 is 14.7 Å². The lowest BCUT2D eigenvalue weighted by molar-refractivity contribution is -0.118. The second-order valence-corrected chi connectivity index (χ2v) is 9.96. The van der Waals surface area contributed by atoms with Gasteiger partial charge in [-0.05, 0) is 51.2 Å². The molecule has 2 amide bonds. The minimum atomic E-state index is -1.01. The summed E-state index contributed by atoms with van der Waals surface area (Å²) in [6.07, 6.45) is 6.91. The van der Waals surface area contributed by atoms with Gasteiger partial charge in [0.25, 0.3) is 5.91 Å². The lowest BCUT2D eigenvalue weighted by atomic mass is 10.1. The monoisotopic (exact) mass is 499 g/mol. The van der Waals surface area contributed by atoms with Crippen molar-refractivity contribution in [2.45, 2.75) is 71.4 Å². The molecule has 0 spiro atoms. The number of fused-ring (bicyclic) bond motifs is 1. The van der Waals surface area contributed by atoms with Gasteiger partial charge >= 0.3 is 0 Å². The van der Waals surface area contributed by atoms with Gasteiger partial charge in [0.15, 0.2) is 11.6 Å². The third-order valence-electron chi connectivity index (χ3n) is 6.96. The lowest BCUT2D eigenvalue weighted by Gasteiger charge is -2.33. The van der Waals surface area contributed by atoms with Crippen molar-refractivity contribution >= 4 is 17.5 Å². The van der Waals surface area contributed by atoms with Crippen LogP contribution in [-0.2, 0) is 11.3 Å². The Morgan fingerprint density at radius 2 is 1.64 bits per heavy atom. The molecule has 0 atom stereocenters. The number of rotatable bonds is 4. The number of hydrogen-bond acceptors (Lipinski definition) is 5. The van der Waals surface area contributed by atoms with Gasteiger partial charge in [-0.15, -0.1) is 0 Å². The predicted molar refractivity (Wildman–Crippen MR) is 134 cm³/mol. The van der Waals surface area contributed by atoms with Crippen molar-refractivity contribution < 1.29 is 18.4 Å². The van der Waals surface area contributed by atoms with E-state index in [0.29, 0.717) is 48.3 Å². The number of carbonyl (C=O) groups excluding carboxylic acids is 2. The smallest absolute Gasteiger partial charge is 0.257 e. The Morgan fingerprint density at radius 3 is 2.25 bits per heavy atom. The second kappa shape index (κ2) is 11.4. The SMILES string of the molecule is CCC(=O)N1CCCN(C(C)C)CCCN(C(=O)c2cnc(C3CC3)nc2)Cc2cc(F)c(F)cc21. The third-order valence-corrected chi connectivity index (χ3v) is 6.96. The van der Waals surface area contributed by atoms with E-state index in [1.165, 1.54) is 4.90 Å². The number of amides is 2. The van der Waals surface area contributed by atoms with E-state index in [-0.39, 0.29) is 24.8 Å². The van der Waals surface area contributed by atoms with Crippen LogP contribution in [0.2, 0.25) is 0 Å². The van der Waals surface area contributed by atoms with Crippen LogP contribution in [0.15, 0.2) is 24.5 Å². The van der Waals surface area contributed by atoms with Crippen LogP contribution in [-0.4, -0.2) is 63.8 Å². The molecule has 0 N–H and O–H groups in total. The summed E-state index contributed by atoms with van der Waals surface area (Å²) in [6, 6.07) is 2.50. The van der Waals surface area contributed by atoms with E-state index in [4.69, 9.17) is 0 Å². The van der Waals surface area contributed by atoms with Crippen molar-refractivity contribution in [3.8, 4) is 0 Å². The Kier molecular flexibility index (Phi) is 8.28. The first kappa shape index (κ1) is 26.1. The van der Waals surface area contributed by atoms with E-state index < -0.39 is 11.6 Å². The Balaban J connectivity index is 1.70. The highest BCUT2D eigenvalue weighted by Crippen LogP contribution is 2.37. The molecular weight excluding hydrogens is 464 g/mol. The average molecular weight is 500 g/mol. The number of aromatic nitrogens is 2. The minimum absolute atomic E-state index is 0.0465. The zero-order chi connectivity index (χ0) is 25.8. The first-order valence-electron chi connectivity index (χ1n) is 12.9. The Labute approximate surface area is 211 Å². The molecule has 1 aromatic heterocycles. The standard InChI is InChI=1S/C27H35F2N5O2/c1-4-25(35)34-12-6-10-32(18(2)3)9-5-11-33(17-20-13-22(28)23(29)14-24(20)34)27(36)21-15-30-26(31-16-21)19-7-8-19/h13-16,18-19H,4-12,17H2,1-3H3. The second-order valence-electron chi connectivity index (χ2n) is 9.96. The van der Waals surface area contributed by atoms with E-state index in [9.17, 15) is 18.4 Å². The third kappa shape index (κ3) is 6.06. The molecule has 0 radical (unpaired) electrons. The Hall–Kier alpha value is -2.94. The van der Waals surface area contributed by atoms with Crippen LogP contribution in [0, 0.1) is 11.6 Å². The maximum absolute atomic E-state index is 14.4. The zero-order valence-electron chi connectivity index (χ0n) is 21.3. The fourth-order valence-corrected chi connectivity index (χ4v) is 4.69. The van der Waals surface area contributed by atoms with Crippen LogP contribution >= 0.6 is 0 Å². The summed E-state index contributed by atoms with van der Waals surface area (Å²) in [5, 5.41) is 0. The van der Waals surface area contributed by atoms with E-state index in [0.717, 1.165) is 50.3 Å². The van der Waals surface area contributed by atoms with Gasteiger partial charge in [0.2, 0.25) is 5.91 Å². The number of anilines is 1. The van der Waals surface area contributed by atoms with Crippen LogP contribution in [0.3, 0.4) is 0 Å². The maximum Gasteiger partial charge on any atom is 0.257 e. The van der Waals surface area contributed by atoms with Gasteiger partial charge in [-0.3, -0.25) is 9.59 Å². The van der Waals surface area contributed by atoms with Crippen LogP contribution < -0.4 is 4.90 Å². The summed E-state index contributed by atoms with van der Waals surface area (Å²) < 4.78 is 28.8. The molecule has 2 aliphatic rings. The summed E-state index contributed by atoms with van der Waals surface area (Å²) in [4.78, 5) is 40.7. The summed E-state index contributed by atoms with van der Waals surface area (Å²) in [6.45, 7) is 8.39. The van der Waals surface area contributed by atoms with E-state index in [1.54, 1.807) is 24.2 Å². The van der Waals surface area contributed by atoms with E-state index in [2.05, 4.69) is 28.7 Å². The van der Waals surface area contributed by atoms with Gasteiger partial charge in [-0.1, -0.05) is 6.92 Å². The van der Waals surface area contributed by atoms with Crippen molar-refractivity contribution in [1.29, 1.82) is 0 Å². The average Bonchev–Trinajstić information content (AvgIpc) is 3.71. The van der Waals surface area contributed by atoms with Gasteiger partial charge in [-0.25, -0.2) is 18.7 Å². The van der Waals surface area contributed by atoms with Crippen molar-refractivity contribution in [2.24, 2.45) is 0 Å². The molecule has 9 heteroatoms. The van der Waals surface area contributed by atoms with Crippen molar-refractivity contribution in [2.75, 3.05) is 31.1 Å². The fourth-order valence-electron chi connectivity index (χ4n) is 4.69. The first-order chi connectivity index (χ1) is 17.3.